The van der Waals surface area contributed by atoms with E-state index >= 15 is 0 Å². The van der Waals surface area contributed by atoms with Gasteiger partial charge in [0.25, 0.3) is 0 Å². The van der Waals surface area contributed by atoms with Crippen LogP contribution in [0, 0.1) is 0 Å². The lowest BCUT2D eigenvalue weighted by Gasteiger charge is -2.26. The molecule has 1 heterocycles. The lowest BCUT2D eigenvalue weighted by Crippen LogP contribution is -2.37. The van der Waals surface area contributed by atoms with E-state index in [2.05, 4.69) is 26.9 Å². The van der Waals surface area contributed by atoms with E-state index in [0.717, 1.165) is 62.1 Å². The predicted octanol–water partition coefficient (Wildman–Crippen LogP) is 2.44. The first-order valence-corrected chi connectivity index (χ1v) is 8.23. The predicted molar refractivity (Wildman–Crippen MR) is 83.7 cm³/mol. The van der Waals surface area contributed by atoms with E-state index in [1.54, 1.807) is 0 Å². The highest BCUT2D eigenvalue weighted by molar-refractivity contribution is 9.10. The fourth-order valence-corrected chi connectivity index (χ4v) is 3.48. The van der Waals surface area contributed by atoms with Crippen LogP contribution in [-0.4, -0.2) is 48.8 Å². The van der Waals surface area contributed by atoms with Crippen LogP contribution in [-0.2, 0) is 21.4 Å². The average Bonchev–Trinajstić information content (AvgIpc) is 3.29. The minimum Gasteiger partial charge on any atom is -0.481 e. The zero-order valence-electron chi connectivity index (χ0n) is 12.0. The van der Waals surface area contributed by atoms with Crippen LogP contribution in [0.3, 0.4) is 0 Å². The van der Waals surface area contributed by atoms with Gasteiger partial charge in [0.2, 0.25) is 0 Å². The van der Waals surface area contributed by atoms with Gasteiger partial charge in [-0.3, -0.25) is 9.69 Å². The highest BCUT2D eigenvalue weighted by Crippen LogP contribution is 2.49. The van der Waals surface area contributed by atoms with Gasteiger partial charge in [0.1, 0.15) is 0 Å². The Bertz CT molecular complexity index is 536. The number of hydrogen-bond acceptors (Lipinski definition) is 3. The molecule has 1 aliphatic carbocycles. The van der Waals surface area contributed by atoms with E-state index in [1.165, 1.54) is 5.56 Å². The van der Waals surface area contributed by atoms with Crippen LogP contribution < -0.4 is 0 Å². The number of ether oxygens (including phenoxy) is 1. The van der Waals surface area contributed by atoms with Crippen molar-refractivity contribution in [2.24, 2.45) is 0 Å². The molecule has 2 fully saturated rings. The van der Waals surface area contributed by atoms with E-state index in [4.69, 9.17) is 4.74 Å². The maximum Gasteiger partial charge on any atom is 0.314 e. The van der Waals surface area contributed by atoms with Gasteiger partial charge in [0.05, 0.1) is 18.6 Å². The lowest BCUT2D eigenvalue weighted by atomic mass is 9.95. The summed E-state index contributed by atoms with van der Waals surface area (Å²) in [6.45, 7) is 4.66. The highest BCUT2D eigenvalue weighted by atomic mass is 79.9. The van der Waals surface area contributed by atoms with E-state index in [1.807, 2.05) is 12.1 Å². The summed E-state index contributed by atoms with van der Waals surface area (Å²) in [6.07, 6.45) is 2.48. The van der Waals surface area contributed by atoms with Crippen molar-refractivity contribution in [1.82, 2.24) is 4.90 Å². The normalized spacial score (nSPS) is 21.2. The number of nitrogens with zero attached hydrogens (tertiary/aromatic N) is 1. The molecule has 1 aromatic rings. The van der Waals surface area contributed by atoms with Gasteiger partial charge in [0.15, 0.2) is 0 Å². The van der Waals surface area contributed by atoms with E-state index in [0.29, 0.717) is 0 Å². The standard InChI is InChI=1S/C16H20BrNO3/c17-14-11-13(16(4-5-16)15(19)20)2-1-12(14)3-6-18-7-9-21-10-8-18/h1-2,11H,3-10H2,(H,19,20). The molecule has 0 radical (unpaired) electrons. The number of morpholine rings is 1. The van der Waals surface area contributed by atoms with Crippen molar-refractivity contribution in [1.29, 1.82) is 0 Å². The second-order valence-electron chi connectivity index (χ2n) is 5.90. The third kappa shape index (κ3) is 3.15. The van der Waals surface area contributed by atoms with E-state index in [9.17, 15) is 9.90 Å². The first-order valence-electron chi connectivity index (χ1n) is 7.44. The number of aliphatic carboxylic acids is 1. The third-order valence-corrected chi connectivity index (χ3v) is 5.30. The number of carbonyl (C=O) groups is 1. The molecule has 4 nitrogen and oxygen atoms in total. The quantitative estimate of drug-likeness (QED) is 0.883. The number of carboxylic acid groups (broad SMARTS) is 1. The van der Waals surface area contributed by atoms with Crippen molar-refractivity contribution in [2.45, 2.75) is 24.7 Å². The number of carboxylic acids is 1. The Hall–Kier alpha value is -0.910. The van der Waals surface area contributed by atoms with Gasteiger partial charge >= 0.3 is 5.97 Å². The first-order chi connectivity index (χ1) is 10.1. The van der Waals surface area contributed by atoms with Crippen molar-refractivity contribution in [3.8, 4) is 0 Å². The SMILES string of the molecule is O=C(O)C1(c2ccc(CCN3CCOCC3)c(Br)c2)CC1. The Morgan fingerprint density at radius 3 is 2.62 bits per heavy atom. The van der Waals surface area contributed by atoms with Gasteiger partial charge in [-0.1, -0.05) is 28.1 Å². The van der Waals surface area contributed by atoms with Gasteiger partial charge in [-0.05, 0) is 36.5 Å². The summed E-state index contributed by atoms with van der Waals surface area (Å²) < 4.78 is 6.38. The Balaban J connectivity index is 1.66. The van der Waals surface area contributed by atoms with Gasteiger partial charge in [0, 0.05) is 24.1 Å². The van der Waals surface area contributed by atoms with Crippen LogP contribution in [0.5, 0.6) is 0 Å². The van der Waals surface area contributed by atoms with Gasteiger partial charge in [-0.25, -0.2) is 0 Å². The van der Waals surface area contributed by atoms with E-state index in [-0.39, 0.29) is 0 Å². The summed E-state index contributed by atoms with van der Waals surface area (Å²) in [4.78, 5) is 13.8. The van der Waals surface area contributed by atoms with Crippen LogP contribution in [0.4, 0.5) is 0 Å². The molecule has 0 bridgehead atoms. The molecule has 1 aromatic carbocycles. The molecule has 1 aliphatic heterocycles. The number of hydrogen-bond donors (Lipinski definition) is 1. The average molecular weight is 354 g/mol. The molecule has 5 heteroatoms. The molecule has 1 N–H and O–H groups in total. The summed E-state index contributed by atoms with van der Waals surface area (Å²) in [5.74, 6) is -0.699. The van der Waals surface area contributed by atoms with Crippen LogP contribution in [0.15, 0.2) is 22.7 Å². The number of benzene rings is 1. The first kappa shape index (κ1) is 15.0. The third-order valence-electron chi connectivity index (χ3n) is 4.57. The monoisotopic (exact) mass is 353 g/mol. The van der Waals surface area contributed by atoms with Crippen LogP contribution in [0.1, 0.15) is 24.0 Å². The minimum atomic E-state index is -0.699. The molecular formula is C16H20BrNO3. The largest absolute Gasteiger partial charge is 0.481 e. The smallest absolute Gasteiger partial charge is 0.314 e. The van der Waals surface area contributed by atoms with Crippen LogP contribution in [0.2, 0.25) is 0 Å². The molecule has 0 amide bonds. The fourth-order valence-electron chi connectivity index (χ4n) is 2.90. The molecule has 1 saturated heterocycles. The van der Waals surface area contributed by atoms with Crippen molar-refractivity contribution < 1.29 is 14.6 Å². The molecule has 114 valence electrons. The molecule has 0 atom stereocenters. The number of halogens is 1. The van der Waals surface area contributed by atoms with Crippen molar-refractivity contribution in [2.75, 3.05) is 32.8 Å². The Morgan fingerprint density at radius 2 is 2.05 bits per heavy atom. The van der Waals surface area contributed by atoms with E-state index < -0.39 is 11.4 Å². The maximum absolute atomic E-state index is 11.4. The second kappa shape index (κ2) is 6.07. The summed E-state index contributed by atoms with van der Waals surface area (Å²) in [7, 11) is 0. The molecule has 1 saturated carbocycles. The second-order valence-corrected chi connectivity index (χ2v) is 6.75. The zero-order valence-corrected chi connectivity index (χ0v) is 13.6. The molecule has 21 heavy (non-hydrogen) atoms. The van der Waals surface area contributed by atoms with Crippen molar-refractivity contribution in [3.05, 3.63) is 33.8 Å². The highest BCUT2D eigenvalue weighted by Gasteiger charge is 2.51. The Kier molecular flexibility index (Phi) is 4.33. The van der Waals surface area contributed by atoms with Crippen LogP contribution >= 0.6 is 15.9 Å². The molecule has 0 unspecified atom stereocenters. The molecule has 0 spiro atoms. The zero-order chi connectivity index (χ0) is 14.9. The summed E-state index contributed by atoms with van der Waals surface area (Å²) >= 11 is 3.61. The fraction of sp³-hybridized carbons (Fsp3) is 0.562. The summed E-state index contributed by atoms with van der Waals surface area (Å²) in [5, 5.41) is 9.36. The molecule has 2 aliphatic rings. The molecule has 0 aromatic heterocycles. The lowest BCUT2D eigenvalue weighted by molar-refractivity contribution is -0.140. The van der Waals surface area contributed by atoms with Crippen molar-refractivity contribution >= 4 is 21.9 Å². The van der Waals surface area contributed by atoms with Gasteiger partial charge < -0.3 is 9.84 Å². The summed E-state index contributed by atoms with van der Waals surface area (Å²) in [5.41, 5.74) is 1.55. The molecule has 3 rings (SSSR count). The minimum absolute atomic E-state index is 0.620. The Morgan fingerprint density at radius 1 is 1.33 bits per heavy atom. The summed E-state index contributed by atoms with van der Waals surface area (Å²) in [6, 6.07) is 6.05. The Labute approximate surface area is 133 Å². The van der Waals surface area contributed by atoms with Crippen LogP contribution in [0.25, 0.3) is 0 Å². The van der Waals surface area contributed by atoms with Gasteiger partial charge in [-0.15, -0.1) is 0 Å². The molecular weight excluding hydrogens is 334 g/mol. The van der Waals surface area contributed by atoms with Crippen molar-refractivity contribution in [3.63, 3.8) is 0 Å². The topological polar surface area (TPSA) is 49.8 Å². The van der Waals surface area contributed by atoms with Gasteiger partial charge in [-0.2, -0.15) is 0 Å². The number of rotatable bonds is 5. The maximum atomic E-state index is 11.4.